The molecule has 0 radical (unpaired) electrons. The fraction of sp³-hybridized carbons (Fsp3) is 0.500. The largest absolute Gasteiger partial charge is 0.465 e. The number of fused-ring (bicyclic) bond motifs is 2. The first-order chi connectivity index (χ1) is 18.3. The molecule has 2 aliphatic heterocycles. The third-order valence-electron chi connectivity index (χ3n) is 7.87. The van der Waals surface area contributed by atoms with E-state index in [0.717, 1.165) is 65.0 Å². The summed E-state index contributed by atoms with van der Waals surface area (Å²) >= 11 is 0. The second-order valence-electron chi connectivity index (χ2n) is 10.6. The van der Waals surface area contributed by atoms with E-state index in [2.05, 4.69) is 39.1 Å². The van der Waals surface area contributed by atoms with E-state index in [0.29, 0.717) is 32.8 Å². The molecule has 1 aromatic carbocycles. The number of carboxylic acid groups (broad SMARTS) is 1. The fourth-order valence-electron chi connectivity index (χ4n) is 5.53. The number of rotatable bonds is 6. The molecule has 2 aromatic heterocycles. The van der Waals surface area contributed by atoms with Crippen molar-refractivity contribution in [1.82, 2.24) is 25.1 Å². The van der Waals surface area contributed by atoms with Crippen LogP contribution in [0.2, 0.25) is 0 Å². The molecular weight excluding hydrogens is 486 g/mol. The van der Waals surface area contributed by atoms with Gasteiger partial charge in [0.05, 0.1) is 53.7 Å². The number of nitrogens with one attached hydrogen (secondary N) is 1. The molecular formula is C26H31N9O3. The van der Waals surface area contributed by atoms with E-state index in [-0.39, 0.29) is 18.0 Å². The van der Waals surface area contributed by atoms with E-state index in [1.54, 1.807) is 0 Å². The zero-order valence-corrected chi connectivity index (χ0v) is 21.4. The molecule has 4 heterocycles. The van der Waals surface area contributed by atoms with Gasteiger partial charge in [-0.05, 0) is 37.8 Å². The lowest BCUT2D eigenvalue weighted by atomic mass is 10.0. The summed E-state index contributed by atoms with van der Waals surface area (Å²) in [4.78, 5) is 27.2. The molecule has 12 nitrogen and oxygen atoms in total. The van der Waals surface area contributed by atoms with Gasteiger partial charge in [0.15, 0.2) is 0 Å². The standard InChI is InChI=1S/C26H31N9O3/c1-16-2-3-20-19(12-29-32-20)22(16)33-9-5-18-21(14-33)30-24(38-15-26(28)6-7-26)31-23(18)34-10-11-35(25(36)37)17(13-34)4-8-27/h2-3,12,17H,4-7,9-11,13-15,28H2,1H3,(H,29,32)(H,36,37). The molecule has 1 amide bonds. The van der Waals surface area contributed by atoms with E-state index < -0.39 is 12.1 Å². The molecule has 0 bridgehead atoms. The zero-order valence-electron chi connectivity index (χ0n) is 21.4. The maximum atomic E-state index is 11.8. The Kier molecular flexibility index (Phi) is 5.95. The monoisotopic (exact) mass is 517 g/mol. The van der Waals surface area contributed by atoms with Gasteiger partial charge in [-0.1, -0.05) is 6.07 Å². The number of aryl methyl sites for hydroxylation is 1. The number of aromatic nitrogens is 4. The summed E-state index contributed by atoms with van der Waals surface area (Å²) in [6.45, 7) is 4.98. The highest BCUT2D eigenvalue weighted by atomic mass is 16.5. The van der Waals surface area contributed by atoms with Crippen LogP contribution < -0.4 is 20.3 Å². The molecule has 38 heavy (non-hydrogen) atoms. The first kappa shape index (κ1) is 24.2. The van der Waals surface area contributed by atoms with Crippen molar-refractivity contribution in [3.63, 3.8) is 0 Å². The molecule has 198 valence electrons. The minimum absolute atomic E-state index is 0.122. The molecule has 1 unspecified atom stereocenters. The third kappa shape index (κ3) is 4.43. The van der Waals surface area contributed by atoms with Crippen LogP contribution >= 0.6 is 0 Å². The van der Waals surface area contributed by atoms with E-state index in [9.17, 15) is 15.2 Å². The first-order valence-electron chi connectivity index (χ1n) is 13.0. The Bertz CT molecular complexity index is 1430. The normalized spacial score (nSPS) is 20.2. The summed E-state index contributed by atoms with van der Waals surface area (Å²) in [6.07, 6.45) is 3.54. The summed E-state index contributed by atoms with van der Waals surface area (Å²) in [7, 11) is 0. The number of nitriles is 1. The average Bonchev–Trinajstić information content (AvgIpc) is 3.45. The third-order valence-corrected chi connectivity index (χ3v) is 7.87. The highest BCUT2D eigenvalue weighted by molar-refractivity contribution is 5.93. The Morgan fingerprint density at radius 1 is 1.29 bits per heavy atom. The van der Waals surface area contributed by atoms with Crippen molar-refractivity contribution < 1.29 is 14.6 Å². The molecule has 0 spiro atoms. The SMILES string of the molecule is Cc1ccc2[nH]ncc2c1N1CCc2c(nc(OCC3(N)CC3)nc2N2CCN(C(=O)O)C(CC#N)C2)C1. The van der Waals surface area contributed by atoms with Crippen LogP contribution in [0.25, 0.3) is 10.9 Å². The van der Waals surface area contributed by atoms with E-state index in [1.165, 1.54) is 4.90 Å². The number of carbonyl (C=O) groups is 1. The van der Waals surface area contributed by atoms with Gasteiger partial charge in [-0.25, -0.2) is 4.79 Å². The predicted octanol–water partition coefficient (Wildman–Crippen LogP) is 2.18. The van der Waals surface area contributed by atoms with E-state index in [4.69, 9.17) is 20.4 Å². The van der Waals surface area contributed by atoms with Gasteiger partial charge >= 0.3 is 12.1 Å². The summed E-state index contributed by atoms with van der Waals surface area (Å²) in [6, 6.07) is 6.13. The fourth-order valence-corrected chi connectivity index (χ4v) is 5.53. The molecule has 6 rings (SSSR count). The van der Waals surface area contributed by atoms with E-state index >= 15 is 0 Å². The quantitative estimate of drug-likeness (QED) is 0.442. The van der Waals surface area contributed by atoms with Crippen molar-refractivity contribution in [2.75, 3.05) is 42.6 Å². The summed E-state index contributed by atoms with van der Waals surface area (Å²) in [5.74, 6) is 0.762. The molecule has 3 aliphatic rings. The lowest BCUT2D eigenvalue weighted by Gasteiger charge is -2.41. The highest BCUT2D eigenvalue weighted by Crippen LogP contribution is 2.37. The number of hydrogen-bond donors (Lipinski definition) is 3. The maximum absolute atomic E-state index is 11.8. The summed E-state index contributed by atoms with van der Waals surface area (Å²) in [5.41, 5.74) is 11.2. The number of anilines is 2. The summed E-state index contributed by atoms with van der Waals surface area (Å²) in [5, 5.41) is 27.3. The molecule has 4 N–H and O–H groups in total. The van der Waals surface area contributed by atoms with Crippen molar-refractivity contribution in [3.8, 4) is 12.1 Å². The Morgan fingerprint density at radius 3 is 2.89 bits per heavy atom. The molecule has 1 aliphatic carbocycles. The molecule has 1 saturated carbocycles. The Labute approximate surface area is 220 Å². The van der Waals surface area contributed by atoms with Gasteiger partial charge in [-0.3, -0.25) is 5.10 Å². The molecule has 1 saturated heterocycles. The number of aromatic amines is 1. The van der Waals surface area contributed by atoms with E-state index in [1.807, 2.05) is 12.3 Å². The first-order valence-corrected chi connectivity index (χ1v) is 13.0. The van der Waals surface area contributed by atoms with Crippen molar-refractivity contribution in [2.45, 2.75) is 50.7 Å². The molecule has 12 heteroatoms. The summed E-state index contributed by atoms with van der Waals surface area (Å²) < 4.78 is 6.02. The zero-order chi connectivity index (χ0) is 26.4. The Balaban J connectivity index is 1.35. The molecule has 1 atom stereocenters. The predicted molar refractivity (Wildman–Crippen MR) is 140 cm³/mol. The maximum Gasteiger partial charge on any atom is 0.407 e. The number of piperazine rings is 1. The number of nitrogens with zero attached hydrogens (tertiary/aromatic N) is 7. The van der Waals surface area contributed by atoms with Gasteiger partial charge < -0.3 is 30.3 Å². The van der Waals surface area contributed by atoms with Gasteiger partial charge in [0.1, 0.15) is 12.4 Å². The van der Waals surface area contributed by atoms with Gasteiger partial charge in [0.25, 0.3) is 0 Å². The van der Waals surface area contributed by atoms with Crippen molar-refractivity contribution in [3.05, 3.63) is 35.2 Å². The highest BCUT2D eigenvalue weighted by Gasteiger charge is 2.40. The number of ether oxygens (including phenoxy) is 1. The minimum Gasteiger partial charge on any atom is -0.465 e. The van der Waals surface area contributed by atoms with Crippen LogP contribution in [0.3, 0.4) is 0 Å². The lowest BCUT2D eigenvalue weighted by Crippen LogP contribution is -2.55. The van der Waals surface area contributed by atoms with Crippen molar-refractivity contribution in [2.24, 2.45) is 5.73 Å². The molecule has 3 aromatic rings. The van der Waals surface area contributed by atoms with Gasteiger partial charge in [0.2, 0.25) is 0 Å². The second-order valence-corrected chi connectivity index (χ2v) is 10.6. The van der Waals surface area contributed by atoms with Gasteiger partial charge in [0, 0.05) is 37.1 Å². The minimum atomic E-state index is -1.00. The number of amides is 1. The van der Waals surface area contributed by atoms with Crippen molar-refractivity contribution >= 4 is 28.5 Å². The molecule has 2 fully saturated rings. The smallest absolute Gasteiger partial charge is 0.407 e. The number of H-pyrrole nitrogens is 1. The number of nitrogens with two attached hydrogens (primary N) is 1. The second kappa shape index (κ2) is 9.33. The van der Waals surface area contributed by atoms with Crippen LogP contribution in [0.1, 0.15) is 36.1 Å². The van der Waals surface area contributed by atoms with Crippen LogP contribution in [0, 0.1) is 18.3 Å². The van der Waals surface area contributed by atoms with Crippen LogP contribution in [-0.4, -0.2) is 80.6 Å². The number of benzene rings is 1. The van der Waals surface area contributed by atoms with Crippen LogP contribution in [-0.2, 0) is 13.0 Å². The van der Waals surface area contributed by atoms with Crippen LogP contribution in [0.4, 0.5) is 16.3 Å². The lowest BCUT2D eigenvalue weighted by molar-refractivity contribution is 0.119. The van der Waals surface area contributed by atoms with Gasteiger partial charge in [-0.15, -0.1) is 0 Å². The van der Waals surface area contributed by atoms with Gasteiger partial charge in [-0.2, -0.15) is 20.3 Å². The topological polar surface area (TPSA) is 161 Å². The van der Waals surface area contributed by atoms with Crippen LogP contribution in [0.15, 0.2) is 18.3 Å². The van der Waals surface area contributed by atoms with Crippen molar-refractivity contribution in [1.29, 1.82) is 5.26 Å². The average molecular weight is 518 g/mol. The Hall–Kier alpha value is -4.11. The van der Waals surface area contributed by atoms with Crippen LogP contribution in [0.5, 0.6) is 6.01 Å². The number of hydrogen-bond acceptors (Lipinski definition) is 9. The Morgan fingerprint density at radius 2 is 2.13 bits per heavy atom.